The van der Waals surface area contributed by atoms with E-state index in [4.69, 9.17) is 4.74 Å². The lowest BCUT2D eigenvalue weighted by Gasteiger charge is -2.09. The van der Waals surface area contributed by atoms with E-state index in [1.54, 1.807) is 10.7 Å². The van der Waals surface area contributed by atoms with Crippen molar-refractivity contribution in [2.24, 2.45) is 0 Å². The third-order valence-corrected chi connectivity index (χ3v) is 4.94. The van der Waals surface area contributed by atoms with Gasteiger partial charge >= 0.3 is 5.97 Å². The van der Waals surface area contributed by atoms with Crippen LogP contribution in [0.1, 0.15) is 21.6 Å². The molecule has 2 heterocycles. The van der Waals surface area contributed by atoms with Crippen LogP contribution in [0.15, 0.2) is 84.9 Å². The van der Waals surface area contributed by atoms with Crippen molar-refractivity contribution in [3.05, 3.63) is 102 Å². The van der Waals surface area contributed by atoms with Crippen molar-refractivity contribution in [1.82, 2.24) is 20.0 Å². The van der Waals surface area contributed by atoms with E-state index in [2.05, 4.69) is 15.3 Å². The van der Waals surface area contributed by atoms with Gasteiger partial charge in [-0.05, 0) is 35.9 Å². The van der Waals surface area contributed by atoms with Gasteiger partial charge in [0.1, 0.15) is 5.52 Å². The van der Waals surface area contributed by atoms with E-state index in [-0.39, 0.29) is 6.73 Å². The molecule has 6 nitrogen and oxygen atoms in total. The number of ether oxygens (including phenoxy) is 1. The quantitative estimate of drug-likeness (QED) is 0.386. The minimum absolute atomic E-state index is 0.0226. The molecular formula is C25H18N4O2. The SMILES string of the molecule is O=C(OCn1nnc2ccccc21)c1cc(C=Cc2ccccc2)nc2ccccc12. The fraction of sp³-hybridized carbons (Fsp3) is 0.0400. The molecular weight excluding hydrogens is 388 g/mol. The zero-order chi connectivity index (χ0) is 21.0. The maximum Gasteiger partial charge on any atom is 0.340 e. The molecule has 6 heteroatoms. The average molecular weight is 406 g/mol. The Labute approximate surface area is 178 Å². The summed E-state index contributed by atoms with van der Waals surface area (Å²) in [5.74, 6) is -0.437. The van der Waals surface area contributed by atoms with Gasteiger partial charge in [0, 0.05) is 5.39 Å². The lowest BCUT2D eigenvalue weighted by Crippen LogP contribution is -2.12. The molecule has 0 aliphatic rings. The van der Waals surface area contributed by atoms with Crippen molar-refractivity contribution in [3.8, 4) is 0 Å². The van der Waals surface area contributed by atoms with Crippen LogP contribution in [0, 0.1) is 0 Å². The number of carbonyl (C=O) groups is 1. The van der Waals surface area contributed by atoms with Crippen LogP contribution in [-0.4, -0.2) is 25.9 Å². The van der Waals surface area contributed by atoms with E-state index < -0.39 is 5.97 Å². The fourth-order valence-electron chi connectivity index (χ4n) is 3.41. The number of rotatable bonds is 5. The Morgan fingerprint density at radius 3 is 2.48 bits per heavy atom. The summed E-state index contributed by atoms with van der Waals surface area (Å²) in [6.07, 6.45) is 3.86. The second-order valence-corrected chi connectivity index (χ2v) is 6.99. The molecule has 0 saturated carbocycles. The van der Waals surface area contributed by atoms with Crippen molar-refractivity contribution in [1.29, 1.82) is 0 Å². The van der Waals surface area contributed by atoms with Gasteiger partial charge in [-0.25, -0.2) is 14.5 Å². The van der Waals surface area contributed by atoms with Crippen molar-refractivity contribution in [3.63, 3.8) is 0 Å². The summed E-state index contributed by atoms with van der Waals surface area (Å²) in [7, 11) is 0. The normalized spacial score (nSPS) is 11.4. The largest absolute Gasteiger partial charge is 0.439 e. The predicted octanol–water partition coefficient (Wildman–Crippen LogP) is 4.96. The van der Waals surface area contributed by atoms with Gasteiger partial charge in [-0.2, -0.15) is 0 Å². The topological polar surface area (TPSA) is 69.9 Å². The Morgan fingerprint density at radius 2 is 1.61 bits per heavy atom. The van der Waals surface area contributed by atoms with E-state index in [0.29, 0.717) is 11.3 Å². The van der Waals surface area contributed by atoms with Crippen LogP contribution in [0.25, 0.3) is 34.1 Å². The van der Waals surface area contributed by atoms with Crippen LogP contribution in [0.3, 0.4) is 0 Å². The van der Waals surface area contributed by atoms with E-state index >= 15 is 0 Å². The lowest BCUT2D eigenvalue weighted by molar-refractivity contribution is 0.0357. The van der Waals surface area contributed by atoms with Crippen molar-refractivity contribution in [2.45, 2.75) is 6.73 Å². The number of para-hydroxylation sites is 2. The second kappa shape index (κ2) is 8.20. The number of pyridine rings is 1. The first kappa shape index (κ1) is 18.7. The lowest BCUT2D eigenvalue weighted by atomic mass is 10.1. The van der Waals surface area contributed by atoms with Crippen LogP contribution >= 0.6 is 0 Å². The van der Waals surface area contributed by atoms with E-state index in [1.165, 1.54) is 0 Å². The molecule has 150 valence electrons. The number of esters is 1. The van der Waals surface area contributed by atoms with Crippen LogP contribution in [-0.2, 0) is 11.5 Å². The zero-order valence-corrected chi connectivity index (χ0v) is 16.6. The molecule has 0 radical (unpaired) electrons. The van der Waals surface area contributed by atoms with Crippen LogP contribution < -0.4 is 0 Å². The number of fused-ring (bicyclic) bond motifs is 2. The van der Waals surface area contributed by atoms with Crippen molar-refractivity contribution < 1.29 is 9.53 Å². The third-order valence-electron chi connectivity index (χ3n) is 4.94. The highest BCUT2D eigenvalue weighted by molar-refractivity contribution is 6.04. The average Bonchev–Trinajstić information content (AvgIpc) is 3.24. The molecule has 0 amide bonds. The Hall–Kier alpha value is -4.32. The minimum Gasteiger partial charge on any atom is -0.439 e. The summed E-state index contributed by atoms with van der Waals surface area (Å²) < 4.78 is 7.14. The Kier molecular flexibility index (Phi) is 4.94. The number of carbonyl (C=O) groups excluding carboxylic acids is 1. The second-order valence-electron chi connectivity index (χ2n) is 6.99. The molecule has 0 unspecified atom stereocenters. The van der Waals surface area contributed by atoms with Gasteiger partial charge in [0.15, 0.2) is 6.73 Å². The van der Waals surface area contributed by atoms with Gasteiger partial charge in [-0.1, -0.05) is 72.0 Å². The molecule has 0 N–H and O–H groups in total. The molecule has 0 saturated heterocycles. The smallest absolute Gasteiger partial charge is 0.340 e. The first-order valence-corrected chi connectivity index (χ1v) is 9.86. The van der Waals surface area contributed by atoms with Gasteiger partial charge in [0.25, 0.3) is 0 Å². The summed E-state index contributed by atoms with van der Waals surface area (Å²) >= 11 is 0. The Balaban J connectivity index is 1.45. The predicted molar refractivity (Wildman–Crippen MR) is 120 cm³/mol. The molecule has 3 aromatic carbocycles. The molecule has 0 bridgehead atoms. The monoisotopic (exact) mass is 406 g/mol. The number of nitrogens with zero attached hydrogens (tertiary/aromatic N) is 4. The van der Waals surface area contributed by atoms with Gasteiger partial charge in [-0.3, -0.25) is 0 Å². The molecule has 5 rings (SSSR count). The number of hydrogen-bond acceptors (Lipinski definition) is 5. The number of benzene rings is 3. The van der Waals surface area contributed by atoms with Gasteiger partial charge in [0.2, 0.25) is 0 Å². The molecule has 5 aromatic rings. The molecule has 31 heavy (non-hydrogen) atoms. The first-order chi connectivity index (χ1) is 15.3. The molecule has 0 spiro atoms. The molecule has 0 atom stereocenters. The van der Waals surface area contributed by atoms with Crippen molar-refractivity contribution >= 4 is 40.1 Å². The summed E-state index contributed by atoms with van der Waals surface area (Å²) in [4.78, 5) is 17.6. The van der Waals surface area contributed by atoms with Gasteiger partial charge < -0.3 is 4.74 Å². The van der Waals surface area contributed by atoms with Crippen molar-refractivity contribution in [2.75, 3.05) is 0 Å². The van der Waals surface area contributed by atoms with Crippen LogP contribution in [0.5, 0.6) is 0 Å². The third kappa shape index (κ3) is 3.91. The maximum atomic E-state index is 13.0. The summed E-state index contributed by atoms with van der Waals surface area (Å²) in [6, 6.07) is 26.8. The molecule has 0 aliphatic carbocycles. The summed E-state index contributed by atoms with van der Waals surface area (Å²) in [5, 5.41) is 8.90. The minimum atomic E-state index is -0.437. The number of hydrogen-bond donors (Lipinski definition) is 0. The Morgan fingerprint density at radius 1 is 0.871 bits per heavy atom. The molecule has 0 aliphatic heterocycles. The number of aromatic nitrogens is 4. The highest BCUT2D eigenvalue weighted by atomic mass is 16.5. The summed E-state index contributed by atoms with van der Waals surface area (Å²) in [6.45, 7) is -0.0226. The first-order valence-electron chi connectivity index (χ1n) is 9.86. The van der Waals surface area contributed by atoms with Gasteiger partial charge in [-0.15, -0.1) is 5.10 Å². The standard InChI is InChI=1S/C25H18N4O2/c30-25(31-17-29-24-13-7-6-12-23(24)27-28-29)21-16-19(15-14-18-8-2-1-3-9-18)26-22-11-5-4-10-20(21)22/h1-16H,17H2. The van der Waals surface area contributed by atoms with Gasteiger partial charge in [0.05, 0.1) is 22.3 Å². The van der Waals surface area contributed by atoms with E-state index in [0.717, 1.165) is 27.5 Å². The van der Waals surface area contributed by atoms with Crippen LogP contribution in [0.2, 0.25) is 0 Å². The maximum absolute atomic E-state index is 13.0. The fourth-order valence-corrected chi connectivity index (χ4v) is 3.41. The Bertz CT molecular complexity index is 1410. The van der Waals surface area contributed by atoms with E-state index in [1.807, 2.05) is 91.0 Å². The molecule has 2 aromatic heterocycles. The van der Waals surface area contributed by atoms with Crippen LogP contribution in [0.4, 0.5) is 0 Å². The van der Waals surface area contributed by atoms with E-state index in [9.17, 15) is 4.79 Å². The molecule has 0 fully saturated rings. The highest BCUT2D eigenvalue weighted by Gasteiger charge is 2.15. The highest BCUT2D eigenvalue weighted by Crippen LogP contribution is 2.21. The zero-order valence-electron chi connectivity index (χ0n) is 16.6. The summed E-state index contributed by atoms with van der Waals surface area (Å²) in [5.41, 5.74) is 4.49.